The van der Waals surface area contributed by atoms with Crippen molar-refractivity contribution in [3.05, 3.63) is 54.6 Å². The van der Waals surface area contributed by atoms with Gasteiger partial charge in [-0.05, 0) is 42.7 Å². The maximum absolute atomic E-state index is 14.2. The van der Waals surface area contributed by atoms with Gasteiger partial charge in [0, 0.05) is 18.4 Å². The van der Waals surface area contributed by atoms with Gasteiger partial charge in [0.15, 0.2) is 5.75 Å². The number of nitrogens with one attached hydrogen (secondary N) is 4. The largest absolute Gasteiger partial charge is 0.379 e. The molecule has 1 saturated heterocycles. The first-order valence-corrected chi connectivity index (χ1v) is 14.9. The molecule has 0 bridgehead atoms. The van der Waals surface area contributed by atoms with Crippen LogP contribution in [0.25, 0.3) is 0 Å². The molecule has 2 aliphatic rings. The summed E-state index contributed by atoms with van der Waals surface area (Å²) in [6, 6.07) is 6.25. The molecular formula is C31H39N7O7. The van der Waals surface area contributed by atoms with E-state index in [1.807, 2.05) is 0 Å². The molecule has 240 valence electrons. The van der Waals surface area contributed by atoms with E-state index in [4.69, 9.17) is 4.84 Å². The maximum Gasteiger partial charge on any atom is 0.321 e. The van der Waals surface area contributed by atoms with Crippen LogP contribution >= 0.6 is 0 Å². The van der Waals surface area contributed by atoms with Crippen LogP contribution in [0.4, 0.5) is 0 Å². The Balaban J connectivity index is 1.41. The third-order valence-corrected chi connectivity index (χ3v) is 7.95. The van der Waals surface area contributed by atoms with Gasteiger partial charge in [-0.3, -0.25) is 33.8 Å². The standard InChI is InChI=1S/C31H39N7O7/c1-31(2,3)26(36-25(40)18-35-27(41)21-16-32-13-14-33-21)30(44)38-22-12-8-7-9-19(22)15-23(38)28(42)34-17-24(39)29(43)37-45-20-10-5-4-6-11-20/h4-6,10-11,13-14,16,19,22-23,26H,7-9,12,15,17-18H2,1-3H3,(H,34,42)(H,35,41)(H,36,40)(H,37,43)/t19-,22-,23-,26+/m0/s1. The lowest BCUT2D eigenvalue weighted by Crippen LogP contribution is -2.60. The summed E-state index contributed by atoms with van der Waals surface area (Å²) in [5.74, 6) is -3.70. The minimum atomic E-state index is -1.03. The zero-order valence-electron chi connectivity index (χ0n) is 25.6. The molecule has 1 aromatic carbocycles. The third kappa shape index (κ3) is 8.61. The van der Waals surface area contributed by atoms with Gasteiger partial charge in [-0.2, -0.15) is 5.48 Å². The van der Waals surface area contributed by atoms with Crippen molar-refractivity contribution >= 4 is 35.3 Å². The first kappa shape index (κ1) is 33.0. The first-order valence-electron chi connectivity index (χ1n) is 14.9. The zero-order chi connectivity index (χ0) is 32.6. The Morgan fingerprint density at radius 2 is 1.71 bits per heavy atom. The maximum atomic E-state index is 14.2. The van der Waals surface area contributed by atoms with E-state index >= 15 is 0 Å². The van der Waals surface area contributed by atoms with Gasteiger partial charge in [-0.1, -0.05) is 51.8 Å². The second-order valence-corrected chi connectivity index (χ2v) is 12.2. The van der Waals surface area contributed by atoms with E-state index in [9.17, 15) is 28.8 Å². The lowest BCUT2D eigenvalue weighted by Gasteiger charge is -2.39. The van der Waals surface area contributed by atoms with Crippen molar-refractivity contribution in [3.63, 3.8) is 0 Å². The molecule has 5 amide bonds. The first-order chi connectivity index (χ1) is 21.5. The Morgan fingerprint density at radius 1 is 0.978 bits per heavy atom. The number of amides is 5. The van der Waals surface area contributed by atoms with Crippen LogP contribution < -0.4 is 26.3 Å². The fraction of sp³-hybridized carbons (Fsp3) is 0.484. The second kappa shape index (κ2) is 14.7. The lowest BCUT2D eigenvalue weighted by atomic mass is 9.83. The second-order valence-electron chi connectivity index (χ2n) is 12.2. The highest BCUT2D eigenvalue weighted by Gasteiger charge is 2.50. The monoisotopic (exact) mass is 621 g/mol. The van der Waals surface area contributed by atoms with Gasteiger partial charge >= 0.3 is 5.91 Å². The predicted molar refractivity (Wildman–Crippen MR) is 160 cm³/mol. The van der Waals surface area contributed by atoms with E-state index in [1.54, 1.807) is 56.0 Å². The van der Waals surface area contributed by atoms with Crippen molar-refractivity contribution in [2.24, 2.45) is 11.3 Å². The predicted octanol–water partition coefficient (Wildman–Crippen LogP) is 0.693. The molecule has 0 spiro atoms. The lowest BCUT2D eigenvalue weighted by molar-refractivity contribution is -0.146. The van der Waals surface area contributed by atoms with Gasteiger partial charge < -0.3 is 25.7 Å². The van der Waals surface area contributed by atoms with E-state index in [0.29, 0.717) is 18.6 Å². The average Bonchev–Trinajstić information content (AvgIpc) is 3.43. The molecule has 0 radical (unpaired) electrons. The minimum absolute atomic E-state index is 0.0442. The number of hydrogen-bond donors (Lipinski definition) is 4. The van der Waals surface area contributed by atoms with E-state index in [-0.39, 0.29) is 17.7 Å². The van der Waals surface area contributed by atoms with Gasteiger partial charge in [0.05, 0.1) is 19.3 Å². The van der Waals surface area contributed by atoms with Crippen LogP contribution in [0.15, 0.2) is 48.9 Å². The topological polar surface area (TPSA) is 189 Å². The summed E-state index contributed by atoms with van der Waals surface area (Å²) in [4.78, 5) is 92.0. The molecule has 45 heavy (non-hydrogen) atoms. The summed E-state index contributed by atoms with van der Waals surface area (Å²) in [7, 11) is 0. The fourth-order valence-corrected chi connectivity index (χ4v) is 5.70. The molecule has 2 heterocycles. The highest BCUT2D eigenvalue weighted by molar-refractivity contribution is 6.37. The Labute approximate surface area is 261 Å². The van der Waals surface area contributed by atoms with Crippen LogP contribution in [-0.4, -0.2) is 81.4 Å². The van der Waals surface area contributed by atoms with Gasteiger partial charge in [0.2, 0.25) is 23.5 Å². The van der Waals surface area contributed by atoms with Gasteiger partial charge in [-0.15, -0.1) is 0 Å². The smallest absolute Gasteiger partial charge is 0.321 e. The normalized spacial score (nSPS) is 19.8. The number of carbonyl (C=O) groups excluding carboxylic acids is 6. The number of ketones is 1. The van der Waals surface area contributed by atoms with E-state index in [2.05, 4.69) is 31.4 Å². The molecule has 0 unspecified atom stereocenters. The summed E-state index contributed by atoms with van der Waals surface area (Å²) in [5, 5.41) is 7.75. The Bertz CT molecular complexity index is 1400. The number of rotatable bonds is 11. The number of para-hydroxylation sites is 1. The zero-order valence-corrected chi connectivity index (χ0v) is 25.6. The highest BCUT2D eigenvalue weighted by atomic mass is 16.7. The quantitative estimate of drug-likeness (QED) is 0.207. The molecule has 1 aliphatic heterocycles. The van der Waals surface area contributed by atoms with Crippen molar-refractivity contribution in [2.75, 3.05) is 13.1 Å². The van der Waals surface area contributed by atoms with Crippen LogP contribution in [0, 0.1) is 11.3 Å². The summed E-state index contributed by atoms with van der Waals surface area (Å²) in [6.45, 7) is 4.41. The van der Waals surface area contributed by atoms with Crippen LogP contribution in [0.1, 0.15) is 63.4 Å². The molecule has 1 saturated carbocycles. The Morgan fingerprint density at radius 3 is 2.40 bits per heavy atom. The number of hydrogen-bond acceptors (Lipinski definition) is 9. The molecule has 2 aromatic rings. The molecule has 4 N–H and O–H groups in total. The summed E-state index contributed by atoms with van der Waals surface area (Å²) in [5.41, 5.74) is 1.35. The number of Topliss-reactive ketones (excluding diaryl/α,β-unsaturated/α-hetero) is 1. The van der Waals surface area contributed by atoms with E-state index < -0.39 is 65.9 Å². The van der Waals surface area contributed by atoms with Crippen LogP contribution in [0.5, 0.6) is 5.75 Å². The third-order valence-electron chi connectivity index (χ3n) is 7.95. The number of likely N-dealkylation sites (tertiary alicyclic amines) is 1. The van der Waals surface area contributed by atoms with Crippen LogP contribution in [0.2, 0.25) is 0 Å². The number of benzene rings is 1. The van der Waals surface area contributed by atoms with Gasteiger partial charge in [0.25, 0.3) is 5.91 Å². The van der Waals surface area contributed by atoms with Gasteiger partial charge in [0.1, 0.15) is 17.8 Å². The van der Waals surface area contributed by atoms with E-state index in [0.717, 1.165) is 19.3 Å². The molecule has 14 heteroatoms. The fourth-order valence-electron chi connectivity index (χ4n) is 5.70. The van der Waals surface area contributed by atoms with Crippen molar-refractivity contribution < 1.29 is 33.6 Å². The molecular weight excluding hydrogens is 582 g/mol. The molecule has 1 aromatic heterocycles. The number of carbonyl (C=O) groups is 6. The summed E-state index contributed by atoms with van der Waals surface area (Å²) >= 11 is 0. The molecule has 4 rings (SSSR count). The molecule has 14 nitrogen and oxygen atoms in total. The van der Waals surface area contributed by atoms with Gasteiger partial charge in [-0.25, -0.2) is 4.98 Å². The minimum Gasteiger partial charge on any atom is -0.379 e. The molecule has 1 aliphatic carbocycles. The number of aromatic nitrogens is 2. The average molecular weight is 622 g/mol. The van der Waals surface area contributed by atoms with E-state index in [1.165, 1.54) is 18.6 Å². The van der Waals surface area contributed by atoms with Crippen molar-refractivity contribution in [1.29, 1.82) is 0 Å². The Hall–Kier alpha value is -4.88. The van der Waals surface area contributed by atoms with Crippen LogP contribution in [-0.2, 0) is 24.0 Å². The number of fused-ring (bicyclic) bond motifs is 1. The molecule has 2 fully saturated rings. The molecule has 4 atom stereocenters. The number of nitrogens with zero attached hydrogens (tertiary/aromatic N) is 3. The summed E-state index contributed by atoms with van der Waals surface area (Å²) in [6.07, 6.45) is 7.86. The summed E-state index contributed by atoms with van der Waals surface area (Å²) < 4.78 is 0. The van der Waals surface area contributed by atoms with Crippen LogP contribution in [0.3, 0.4) is 0 Å². The van der Waals surface area contributed by atoms with Crippen molar-refractivity contribution in [3.8, 4) is 5.75 Å². The number of hydroxylamine groups is 1. The Kier molecular flexibility index (Phi) is 10.8. The van der Waals surface area contributed by atoms with Crippen molar-refractivity contribution in [2.45, 2.75) is 71.0 Å². The highest BCUT2D eigenvalue weighted by Crippen LogP contribution is 2.41. The SMILES string of the molecule is CC(C)(C)[C@H](NC(=O)CNC(=O)c1cnccn1)C(=O)N1[C@H](C(=O)NCC(=O)C(=O)NOc2ccccc2)C[C@@H]2CCCC[C@@H]21. The van der Waals surface area contributed by atoms with Crippen molar-refractivity contribution in [1.82, 2.24) is 36.3 Å².